The lowest BCUT2D eigenvalue weighted by Gasteiger charge is -2.19. The van der Waals surface area contributed by atoms with E-state index in [0.717, 1.165) is 17.8 Å². The second kappa shape index (κ2) is 7.21. The van der Waals surface area contributed by atoms with Gasteiger partial charge in [0, 0.05) is 37.2 Å². The minimum Gasteiger partial charge on any atom is -0.390 e. The summed E-state index contributed by atoms with van der Waals surface area (Å²) in [5, 5.41) is 18.6. The predicted molar refractivity (Wildman–Crippen MR) is 88.1 cm³/mol. The van der Waals surface area contributed by atoms with Crippen LogP contribution >= 0.6 is 0 Å². The fourth-order valence-corrected chi connectivity index (χ4v) is 2.58. The summed E-state index contributed by atoms with van der Waals surface area (Å²) in [6.45, 7) is 1.82. The summed E-state index contributed by atoms with van der Waals surface area (Å²) in [4.78, 5) is 2.08. The van der Waals surface area contributed by atoms with E-state index in [-0.39, 0.29) is 0 Å². The first-order valence-electron chi connectivity index (χ1n) is 7.64. The Morgan fingerprint density at radius 3 is 2.74 bits per heavy atom. The molecule has 0 aliphatic rings. The zero-order chi connectivity index (χ0) is 16.1. The Kier molecular flexibility index (Phi) is 4.85. The number of rotatable bonds is 7. The molecule has 0 saturated carbocycles. The Labute approximate surface area is 135 Å². The van der Waals surface area contributed by atoms with Gasteiger partial charge in [0.05, 0.1) is 24.5 Å². The van der Waals surface area contributed by atoms with E-state index in [9.17, 15) is 5.11 Å². The highest BCUT2D eigenvalue weighted by Crippen LogP contribution is 2.09. The Hall–Kier alpha value is -2.44. The van der Waals surface area contributed by atoms with E-state index in [1.165, 1.54) is 0 Å². The number of aliphatic hydroxyl groups is 1. The molecule has 1 N–H and O–H groups in total. The third kappa shape index (κ3) is 4.28. The minimum atomic E-state index is -0.455. The SMILES string of the molecule is CN(Cc1cnn(-c2ccccc2)c1)CC(O)Cn1cccn1. The maximum Gasteiger partial charge on any atom is 0.0862 e. The minimum absolute atomic E-state index is 0.455. The molecule has 1 atom stereocenters. The summed E-state index contributed by atoms with van der Waals surface area (Å²) in [6.07, 6.45) is 7.00. The molecule has 0 saturated heterocycles. The Balaban J connectivity index is 1.54. The standard InChI is InChI=1S/C17H21N5O/c1-20(13-17(23)14-21-9-5-8-18-21)11-15-10-19-22(12-15)16-6-3-2-4-7-16/h2-10,12,17,23H,11,13-14H2,1H3. The van der Waals surface area contributed by atoms with Gasteiger partial charge in [0.25, 0.3) is 0 Å². The van der Waals surface area contributed by atoms with Crippen molar-refractivity contribution in [3.63, 3.8) is 0 Å². The molecule has 2 aromatic heterocycles. The number of aromatic nitrogens is 4. The summed E-state index contributed by atoms with van der Waals surface area (Å²) < 4.78 is 3.61. The van der Waals surface area contributed by atoms with E-state index in [2.05, 4.69) is 15.1 Å². The van der Waals surface area contributed by atoms with Crippen LogP contribution in [0.4, 0.5) is 0 Å². The highest BCUT2D eigenvalue weighted by atomic mass is 16.3. The van der Waals surface area contributed by atoms with Gasteiger partial charge in [-0.15, -0.1) is 0 Å². The van der Waals surface area contributed by atoms with Crippen LogP contribution in [0.2, 0.25) is 0 Å². The third-order valence-corrected chi connectivity index (χ3v) is 3.59. The third-order valence-electron chi connectivity index (χ3n) is 3.59. The van der Waals surface area contributed by atoms with Crippen LogP contribution in [0.15, 0.2) is 61.2 Å². The molecule has 120 valence electrons. The zero-order valence-corrected chi connectivity index (χ0v) is 13.2. The second-order valence-electron chi connectivity index (χ2n) is 5.71. The van der Waals surface area contributed by atoms with Gasteiger partial charge in [-0.3, -0.25) is 9.58 Å². The van der Waals surface area contributed by atoms with Crippen molar-refractivity contribution in [2.45, 2.75) is 19.2 Å². The molecule has 6 heteroatoms. The Bertz CT molecular complexity index is 708. The van der Waals surface area contributed by atoms with Crippen LogP contribution in [0.25, 0.3) is 5.69 Å². The molecule has 0 fully saturated rings. The fourth-order valence-electron chi connectivity index (χ4n) is 2.58. The van der Waals surface area contributed by atoms with Gasteiger partial charge in [-0.1, -0.05) is 18.2 Å². The molecule has 1 unspecified atom stereocenters. The van der Waals surface area contributed by atoms with Crippen LogP contribution in [-0.2, 0) is 13.1 Å². The summed E-state index contributed by atoms with van der Waals surface area (Å²) in [5.74, 6) is 0. The quantitative estimate of drug-likeness (QED) is 0.719. The van der Waals surface area contributed by atoms with Crippen LogP contribution in [0, 0.1) is 0 Å². The summed E-state index contributed by atoms with van der Waals surface area (Å²) >= 11 is 0. The van der Waals surface area contributed by atoms with Crippen molar-refractivity contribution in [3.05, 3.63) is 66.7 Å². The van der Waals surface area contributed by atoms with Crippen molar-refractivity contribution in [1.29, 1.82) is 0 Å². The monoisotopic (exact) mass is 311 g/mol. The molecule has 0 spiro atoms. The van der Waals surface area contributed by atoms with Crippen LogP contribution in [0.3, 0.4) is 0 Å². The maximum absolute atomic E-state index is 10.1. The average Bonchev–Trinajstić information content (AvgIpc) is 3.20. The second-order valence-corrected chi connectivity index (χ2v) is 5.71. The zero-order valence-electron chi connectivity index (χ0n) is 13.2. The first-order chi connectivity index (χ1) is 11.2. The van der Waals surface area contributed by atoms with Gasteiger partial charge >= 0.3 is 0 Å². The highest BCUT2D eigenvalue weighted by Gasteiger charge is 2.11. The lowest BCUT2D eigenvalue weighted by Crippen LogP contribution is -2.31. The predicted octanol–water partition coefficient (Wildman–Crippen LogP) is 1.56. The number of nitrogens with zero attached hydrogens (tertiary/aromatic N) is 5. The molecular formula is C17H21N5O. The lowest BCUT2D eigenvalue weighted by atomic mass is 10.3. The molecule has 2 heterocycles. The highest BCUT2D eigenvalue weighted by molar-refractivity contribution is 5.30. The number of aliphatic hydroxyl groups excluding tert-OH is 1. The van der Waals surface area contributed by atoms with Gasteiger partial charge in [-0.2, -0.15) is 10.2 Å². The molecule has 0 aliphatic heterocycles. The van der Waals surface area contributed by atoms with Crippen molar-refractivity contribution in [2.24, 2.45) is 0 Å². The smallest absolute Gasteiger partial charge is 0.0862 e. The summed E-state index contributed by atoms with van der Waals surface area (Å²) in [5.41, 5.74) is 2.16. The van der Waals surface area contributed by atoms with Gasteiger partial charge < -0.3 is 5.11 Å². The van der Waals surface area contributed by atoms with Gasteiger partial charge in [-0.05, 0) is 25.2 Å². The van der Waals surface area contributed by atoms with Crippen molar-refractivity contribution >= 4 is 0 Å². The molecule has 0 aliphatic carbocycles. The van der Waals surface area contributed by atoms with Crippen LogP contribution < -0.4 is 0 Å². The van der Waals surface area contributed by atoms with E-state index < -0.39 is 6.10 Å². The van der Waals surface area contributed by atoms with Gasteiger partial charge in [0.15, 0.2) is 0 Å². The van der Waals surface area contributed by atoms with Crippen molar-refractivity contribution in [1.82, 2.24) is 24.5 Å². The lowest BCUT2D eigenvalue weighted by molar-refractivity contribution is 0.104. The fraction of sp³-hybridized carbons (Fsp3) is 0.294. The molecule has 6 nitrogen and oxygen atoms in total. The molecule has 1 aromatic carbocycles. The number of hydrogen-bond acceptors (Lipinski definition) is 4. The Morgan fingerprint density at radius 1 is 1.17 bits per heavy atom. The molecule has 0 radical (unpaired) electrons. The molecule has 0 amide bonds. The first kappa shape index (κ1) is 15.5. The average molecular weight is 311 g/mol. The largest absolute Gasteiger partial charge is 0.390 e. The molecule has 23 heavy (non-hydrogen) atoms. The molecular weight excluding hydrogens is 290 g/mol. The molecule has 3 rings (SSSR count). The first-order valence-corrected chi connectivity index (χ1v) is 7.64. The normalized spacial score (nSPS) is 12.7. The van der Waals surface area contributed by atoms with Gasteiger partial charge in [0.2, 0.25) is 0 Å². The summed E-state index contributed by atoms with van der Waals surface area (Å²) in [7, 11) is 1.99. The van der Waals surface area contributed by atoms with Crippen molar-refractivity contribution in [2.75, 3.05) is 13.6 Å². The number of likely N-dealkylation sites (N-methyl/N-ethyl adjacent to an activating group) is 1. The van der Waals surface area contributed by atoms with Crippen molar-refractivity contribution in [3.8, 4) is 5.69 Å². The van der Waals surface area contributed by atoms with Gasteiger partial charge in [0.1, 0.15) is 0 Å². The number of benzene rings is 1. The Morgan fingerprint density at radius 2 is 2.00 bits per heavy atom. The van der Waals surface area contributed by atoms with E-state index in [1.54, 1.807) is 10.9 Å². The molecule has 0 bridgehead atoms. The van der Waals surface area contributed by atoms with E-state index in [0.29, 0.717) is 13.1 Å². The van der Waals surface area contributed by atoms with Crippen LogP contribution in [0.1, 0.15) is 5.56 Å². The molecule has 3 aromatic rings. The van der Waals surface area contributed by atoms with E-state index in [4.69, 9.17) is 0 Å². The van der Waals surface area contributed by atoms with E-state index in [1.807, 2.05) is 66.7 Å². The van der Waals surface area contributed by atoms with Gasteiger partial charge in [-0.25, -0.2) is 4.68 Å². The van der Waals surface area contributed by atoms with Crippen LogP contribution in [0.5, 0.6) is 0 Å². The number of para-hydroxylation sites is 1. The summed E-state index contributed by atoms with van der Waals surface area (Å²) in [6, 6.07) is 11.9. The van der Waals surface area contributed by atoms with Crippen LogP contribution in [-0.4, -0.2) is 49.3 Å². The number of hydrogen-bond donors (Lipinski definition) is 1. The van der Waals surface area contributed by atoms with Crippen molar-refractivity contribution < 1.29 is 5.11 Å². The maximum atomic E-state index is 10.1. The topological polar surface area (TPSA) is 59.1 Å². The van der Waals surface area contributed by atoms with E-state index >= 15 is 0 Å².